The highest BCUT2D eigenvalue weighted by Crippen LogP contribution is 2.29. The molecule has 0 spiro atoms. The fraction of sp³-hybridized carbons (Fsp3) is 0.692. The van der Waals surface area contributed by atoms with Crippen molar-refractivity contribution >= 4 is 21.4 Å². The quantitative estimate of drug-likeness (QED) is 0.907. The van der Waals surface area contributed by atoms with Gasteiger partial charge in [0.25, 0.3) is 10.0 Å². The van der Waals surface area contributed by atoms with Crippen LogP contribution in [0, 0.1) is 0 Å². The number of thiophene rings is 1. The predicted molar refractivity (Wildman–Crippen MR) is 78.9 cm³/mol. The van der Waals surface area contributed by atoms with Crippen LogP contribution in [-0.2, 0) is 16.4 Å². The van der Waals surface area contributed by atoms with Crippen LogP contribution in [0.2, 0.25) is 0 Å². The lowest BCUT2D eigenvalue weighted by Crippen LogP contribution is -2.37. The van der Waals surface area contributed by atoms with Crippen molar-refractivity contribution in [2.75, 3.05) is 13.6 Å². The molecule has 2 rings (SSSR count). The molecule has 1 aliphatic carbocycles. The minimum absolute atomic E-state index is 0.166. The fourth-order valence-electron chi connectivity index (χ4n) is 2.56. The van der Waals surface area contributed by atoms with Crippen molar-refractivity contribution in [2.24, 2.45) is 5.73 Å². The number of rotatable bonds is 5. The highest BCUT2D eigenvalue weighted by atomic mass is 32.2. The molecule has 1 aliphatic rings. The Bertz CT molecular complexity index is 504. The first-order valence-corrected chi connectivity index (χ1v) is 9.08. The monoisotopic (exact) mass is 302 g/mol. The molecule has 0 unspecified atom stereocenters. The van der Waals surface area contributed by atoms with Crippen molar-refractivity contribution < 1.29 is 8.42 Å². The molecule has 0 aromatic carbocycles. The van der Waals surface area contributed by atoms with E-state index >= 15 is 0 Å². The Morgan fingerprint density at radius 1 is 1.32 bits per heavy atom. The summed E-state index contributed by atoms with van der Waals surface area (Å²) < 4.78 is 27.1. The molecule has 1 aromatic rings. The van der Waals surface area contributed by atoms with Crippen molar-refractivity contribution in [1.82, 2.24) is 4.31 Å². The molecule has 1 heterocycles. The molecule has 0 radical (unpaired) electrons. The summed E-state index contributed by atoms with van der Waals surface area (Å²) in [5, 5.41) is 0. The zero-order chi connectivity index (χ0) is 13.9. The highest BCUT2D eigenvalue weighted by Gasteiger charge is 2.29. The largest absolute Gasteiger partial charge is 0.330 e. The van der Waals surface area contributed by atoms with Gasteiger partial charge in [-0.05, 0) is 37.9 Å². The average Bonchev–Trinajstić information content (AvgIpc) is 2.89. The van der Waals surface area contributed by atoms with Gasteiger partial charge in [-0.25, -0.2) is 8.42 Å². The van der Waals surface area contributed by atoms with Crippen LogP contribution in [0.1, 0.15) is 37.0 Å². The molecule has 108 valence electrons. The molecule has 19 heavy (non-hydrogen) atoms. The maximum atomic E-state index is 12.6. The van der Waals surface area contributed by atoms with Crippen LogP contribution >= 0.6 is 11.3 Å². The lowest BCUT2D eigenvalue weighted by Gasteiger charge is -2.29. The van der Waals surface area contributed by atoms with Crippen LogP contribution in [0.5, 0.6) is 0 Å². The van der Waals surface area contributed by atoms with Gasteiger partial charge < -0.3 is 5.73 Å². The van der Waals surface area contributed by atoms with E-state index in [2.05, 4.69) is 0 Å². The van der Waals surface area contributed by atoms with E-state index in [1.165, 1.54) is 17.8 Å². The maximum Gasteiger partial charge on any atom is 0.252 e. The minimum atomic E-state index is -3.33. The number of nitrogens with two attached hydrogens (primary N) is 1. The first-order valence-electron chi connectivity index (χ1n) is 6.82. The number of nitrogens with zero attached hydrogens (tertiary/aromatic N) is 1. The minimum Gasteiger partial charge on any atom is -0.330 e. The Hall–Kier alpha value is -0.430. The summed E-state index contributed by atoms with van der Waals surface area (Å²) in [6.45, 7) is 0.554. The topological polar surface area (TPSA) is 63.4 Å². The fourth-order valence-corrected chi connectivity index (χ4v) is 5.53. The van der Waals surface area contributed by atoms with Crippen molar-refractivity contribution in [2.45, 2.75) is 48.8 Å². The van der Waals surface area contributed by atoms with E-state index in [9.17, 15) is 8.42 Å². The molecular formula is C13H22N2O2S2. The van der Waals surface area contributed by atoms with Crippen LogP contribution in [0.3, 0.4) is 0 Å². The Morgan fingerprint density at radius 3 is 2.63 bits per heavy atom. The molecule has 1 saturated carbocycles. The van der Waals surface area contributed by atoms with Gasteiger partial charge in [-0.2, -0.15) is 4.31 Å². The second-order valence-corrected chi connectivity index (χ2v) is 8.47. The van der Waals surface area contributed by atoms with Gasteiger partial charge in [0.2, 0.25) is 0 Å². The molecule has 1 fully saturated rings. The summed E-state index contributed by atoms with van der Waals surface area (Å²) in [6, 6.07) is 3.75. The Balaban J connectivity index is 2.15. The predicted octanol–water partition coefficient (Wildman–Crippen LogP) is 2.20. The molecule has 6 heteroatoms. The van der Waals surface area contributed by atoms with Gasteiger partial charge in [0.1, 0.15) is 4.21 Å². The Labute approximate surface area is 119 Å². The third-order valence-corrected chi connectivity index (χ3v) is 7.27. The van der Waals surface area contributed by atoms with E-state index in [0.29, 0.717) is 10.8 Å². The van der Waals surface area contributed by atoms with Crippen molar-refractivity contribution in [3.05, 3.63) is 17.0 Å². The first-order chi connectivity index (χ1) is 9.05. The van der Waals surface area contributed by atoms with Gasteiger partial charge in [-0.15, -0.1) is 11.3 Å². The molecule has 0 atom stereocenters. The van der Waals surface area contributed by atoms with Crippen LogP contribution in [0.15, 0.2) is 16.3 Å². The highest BCUT2D eigenvalue weighted by molar-refractivity contribution is 7.91. The van der Waals surface area contributed by atoms with Gasteiger partial charge in [0.15, 0.2) is 0 Å². The van der Waals surface area contributed by atoms with Crippen LogP contribution in [0.25, 0.3) is 0 Å². The standard InChI is InChI=1S/C13H22N2O2S2/c1-15(11-5-3-2-4-6-11)19(16,17)13-8-7-12(18-13)9-10-14/h7-8,11H,2-6,9-10,14H2,1H3. The first kappa shape index (κ1) is 15.0. The molecule has 0 saturated heterocycles. The number of hydrogen-bond donors (Lipinski definition) is 1. The summed E-state index contributed by atoms with van der Waals surface area (Å²) >= 11 is 1.35. The second-order valence-electron chi connectivity index (χ2n) is 5.07. The normalized spacial score (nSPS) is 18.1. The van der Waals surface area contributed by atoms with Crippen molar-refractivity contribution in [3.63, 3.8) is 0 Å². The number of sulfonamides is 1. The summed E-state index contributed by atoms with van der Waals surface area (Å²) in [7, 11) is -1.61. The van der Waals surface area contributed by atoms with E-state index in [1.54, 1.807) is 17.4 Å². The van der Waals surface area contributed by atoms with E-state index in [4.69, 9.17) is 5.73 Å². The van der Waals surface area contributed by atoms with Crippen LogP contribution in [-0.4, -0.2) is 32.4 Å². The van der Waals surface area contributed by atoms with Crippen molar-refractivity contribution in [3.8, 4) is 0 Å². The van der Waals surface area contributed by atoms with Gasteiger partial charge in [0, 0.05) is 18.0 Å². The Kier molecular flexibility index (Phi) is 5.00. The second kappa shape index (κ2) is 6.35. The summed E-state index contributed by atoms with van der Waals surface area (Å²) in [5.41, 5.74) is 5.50. The molecule has 2 N–H and O–H groups in total. The molecule has 0 bridgehead atoms. The van der Waals surface area contributed by atoms with Crippen LogP contribution < -0.4 is 5.73 Å². The van der Waals surface area contributed by atoms with Gasteiger partial charge >= 0.3 is 0 Å². The lowest BCUT2D eigenvalue weighted by atomic mass is 9.96. The van der Waals surface area contributed by atoms with Crippen LogP contribution in [0.4, 0.5) is 0 Å². The third kappa shape index (κ3) is 3.37. The average molecular weight is 302 g/mol. The summed E-state index contributed by atoms with van der Waals surface area (Å²) in [4.78, 5) is 1.04. The molecule has 0 aliphatic heterocycles. The lowest BCUT2D eigenvalue weighted by molar-refractivity contribution is 0.286. The van der Waals surface area contributed by atoms with E-state index in [0.717, 1.165) is 37.0 Å². The zero-order valence-corrected chi connectivity index (χ0v) is 13.0. The molecule has 4 nitrogen and oxygen atoms in total. The molecular weight excluding hydrogens is 280 g/mol. The van der Waals surface area contributed by atoms with E-state index < -0.39 is 10.0 Å². The summed E-state index contributed by atoms with van der Waals surface area (Å²) in [5.74, 6) is 0. The summed E-state index contributed by atoms with van der Waals surface area (Å²) in [6.07, 6.45) is 6.20. The number of hydrogen-bond acceptors (Lipinski definition) is 4. The van der Waals surface area contributed by atoms with Gasteiger partial charge in [0.05, 0.1) is 0 Å². The Morgan fingerprint density at radius 2 is 2.00 bits per heavy atom. The molecule has 0 amide bonds. The maximum absolute atomic E-state index is 12.6. The smallest absolute Gasteiger partial charge is 0.252 e. The van der Waals surface area contributed by atoms with E-state index in [-0.39, 0.29) is 6.04 Å². The third-order valence-electron chi connectivity index (χ3n) is 3.75. The molecule has 1 aromatic heterocycles. The van der Waals surface area contributed by atoms with Crippen molar-refractivity contribution in [1.29, 1.82) is 0 Å². The van der Waals surface area contributed by atoms with Gasteiger partial charge in [-0.1, -0.05) is 19.3 Å². The van der Waals surface area contributed by atoms with E-state index in [1.807, 2.05) is 6.07 Å². The zero-order valence-electron chi connectivity index (χ0n) is 11.3. The van der Waals surface area contributed by atoms with Gasteiger partial charge in [-0.3, -0.25) is 0 Å². The SMILES string of the molecule is CN(C1CCCCC1)S(=O)(=O)c1ccc(CCN)s1.